The molecule has 0 aromatic carbocycles. The van der Waals surface area contributed by atoms with Crippen LogP contribution in [-0.2, 0) is 9.53 Å². The van der Waals surface area contributed by atoms with Gasteiger partial charge in [0.2, 0.25) is 0 Å². The van der Waals surface area contributed by atoms with Gasteiger partial charge in [-0.3, -0.25) is 0 Å². The van der Waals surface area contributed by atoms with Gasteiger partial charge in [0.05, 0.1) is 0 Å². The first-order valence-electron chi connectivity index (χ1n) is 2.00. The van der Waals surface area contributed by atoms with Gasteiger partial charge in [-0.2, -0.15) is 0 Å². The van der Waals surface area contributed by atoms with Crippen LogP contribution in [0.2, 0.25) is 0 Å². The second-order valence-electron chi connectivity index (χ2n) is 1.37. The van der Waals surface area contributed by atoms with Gasteiger partial charge in [-0.25, -0.2) is 4.79 Å². The van der Waals surface area contributed by atoms with Crippen LogP contribution in [0, 0.1) is 0 Å². The maximum absolute atomic E-state index is 10.4. The fourth-order valence-corrected chi connectivity index (χ4v) is 0.673. The predicted molar refractivity (Wildman–Crippen MR) is 36.0 cm³/mol. The molecule has 44 valence electrons. The maximum Gasteiger partial charge on any atom is 0.345 e. The van der Waals surface area contributed by atoms with Gasteiger partial charge < -0.3 is 4.74 Å². The molecule has 0 aromatic heterocycles. The molecule has 4 heteroatoms. The van der Waals surface area contributed by atoms with E-state index in [0.29, 0.717) is 9.81 Å². The van der Waals surface area contributed by atoms with Crippen molar-refractivity contribution in [1.82, 2.24) is 0 Å². The lowest BCUT2D eigenvalue weighted by molar-refractivity contribution is -0.135. The summed E-state index contributed by atoms with van der Waals surface area (Å²) in [5.41, 5.74) is 0. The van der Waals surface area contributed by atoms with Gasteiger partial charge in [0.25, 0.3) is 0 Å². The molecule has 0 spiro atoms. The van der Waals surface area contributed by atoms with Crippen LogP contribution in [0.1, 0.15) is 0 Å². The molecule has 0 saturated heterocycles. The zero-order valence-electron chi connectivity index (χ0n) is 3.92. The number of hydrogen-bond donors (Lipinski definition) is 2. The highest BCUT2D eigenvalue weighted by molar-refractivity contribution is 7.89. The minimum Gasteiger partial charge on any atom is -0.456 e. The number of thiol groups is 2. The summed E-state index contributed by atoms with van der Waals surface area (Å²) in [6.45, 7) is 0.279. The summed E-state index contributed by atoms with van der Waals surface area (Å²) < 4.78 is 4.51. The van der Waals surface area contributed by atoms with Gasteiger partial charge in [-0.15, -0.1) is 25.3 Å². The molecule has 0 bridgehead atoms. The summed E-state index contributed by atoms with van der Waals surface area (Å²) >= 11 is 7.72. The third-order valence-corrected chi connectivity index (χ3v) is 1.79. The normalized spacial score (nSPS) is 19.5. The van der Waals surface area contributed by atoms with Crippen molar-refractivity contribution in [2.24, 2.45) is 0 Å². The van der Waals surface area contributed by atoms with E-state index in [1.54, 1.807) is 0 Å². The molecule has 1 rings (SSSR count). The summed E-state index contributed by atoms with van der Waals surface area (Å²) in [5, 5.41) is 0. The van der Waals surface area contributed by atoms with E-state index in [9.17, 15) is 4.79 Å². The molecule has 0 amide bonds. The van der Waals surface area contributed by atoms with Crippen LogP contribution in [0.5, 0.6) is 0 Å². The number of ether oxygens (including phenoxy) is 1. The van der Waals surface area contributed by atoms with Crippen molar-refractivity contribution in [1.29, 1.82) is 0 Å². The Morgan fingerprint density at radius 1 is 1.50 bits per heavy atom. The van der Waals surface area contributed by atoms with Crippen molar-refractivity contribution in [3.63, 3.8) is 0 Å². The quantitative estimate of drug-likeness (QED) is 0.389. The van der Waals surface area contributed by atoms with Crippen LogP contribution in [-0.4, -0.2) is 12.6 Å². The first-order chi connectivity index (χ1) is 3.72. The highest BCUT2D eigenvalue weighted by Gasteiger charge is 2.18. The summed E-state index contributed by atoms with van der Waals surface area (Å²) in [4.78, 5) is 11.3. The molecular formula is C4H4O2S2. The van der Waals surface area contributed by atoms with E-state index in [4.69, 9.17) is 0 Å². The number of rotatable bonds is 0. The first kappa shape index (κ1) is 6.04. The number of hydrogen-bond acceptors (Lipinski definition) is 4. The molecule has 0 atom stereocenters. The number of esters is 1. The van der Waals surface area contributed by atoms with E-state index >= 15 is 0 Å². The van der Waals surface area contributed by atoms with E-state index < -0.39 is 0 Å². The van der Waals surface area contributed by atoms with Crippen LogP contribution >= 0.6 is 25.3 Å². The Kier molecular flexibility index (Phi) is 1.53. The van der Waals surface area contributed by atoms with E-state index in [1.807, 2.05) is 0 Å². The molecule has 1 heterocycles. The van der Waals surface area contributed by atoms with Crippen molar-refractivity contribution in [3.05, 3.63) is 9.81 Å². The lowest BCUT2D eigenvalue weighted by Crippen LogP contribution is -1.93. The van der Waals surface area contributed by atoms with Gasteiger partial charge in [0, 0.05) is 4.91 Å². The fraction of sp³-hybridized carbons (Fsp3) is 0.250. The lowest BCUT2D eigenvalue weighted by atomic mass is 10.6. The smallest absolute Gasteiger partial charge is 0.345 e. The zero-order valence-corrected chi connectivity index (χ0v) is 5.71. The molecule has 0 radical (unpaired) electrons. The average Bonchev–Trinajstić information content (AvgIpc) is 1.98. The van der Waals surface area contributed by atoms with Crippen LogP contribution in [0.3, 0.4) is 0 Å². The standard InChI is InChI=1S/C4H4O2S2/c5-4-3(8)2(7)1-6-4/h7-8H,1H2. The van der Waals surface area contributed by atoms with E-state index in [-0.39, 0.29) is 12.6 Å². The van der Waals surface area contributed by atoms with E-state index in [0.717, 1.165) is 0 Å². The third-order valence-electron chi connectivity index (χ3n) is 0.807. The third kappa shape index (κ3) is 0.855. The van der Waals surface area contributed by atoms with Crippen molar-refractivity contribution < 1.29 is 9.53 Å². The van der Waals surface area contributed by atoms with Crippen LogP contribution < -0.4 is 0 Å². The molecule has 1 aliphatic rings. The first-order valence-corrected chi connectivity index (χ1v) is 2.89. The Bertz CT molecular complexity index is 161. The zero-order chi connectivity index (χ0) is 6.15. The summed E-state index contributed by atoms with van der Waals surface area (Å²) in [5.74, 6) is -0.377. The SMILES string of the molecule is O=C1OCC(S)=C1S. The molecule has 0 saturated carbocycles. The monoisotopic (exact) mass is 148 g/mol. The Hall–Kier alpha value is -0.0900. The van der Waals surface area contributed by atoms with Crippen molar-refractivity contribution in [3.8, 4) is 0 Å². The Morgan fingerprint density at radius 2 is 2.12 bits per heavy atom. The van der Waals surface area contributed by atoms with Gasteiger partial charge in [-0.1, -0.05) is 0 Å². The van der Waals surface area contributed by atoms with Crippen molar-refractivity contribution in [2.45, 2.75) is 0 Å². The molecule has 0 aromatic rings. The van der Waals surface area contributed by atoms with Gasteiger partial charge in [-0.05, 0) is 0 Å². The number of carbonyl (C=O) groups is 1. The minimum atomic E-state index is -0.377. The molecular weight excluding hydrogens is 144 g/mol. The lowest BCUT2D eigenvalue weighted by Gasteiger charge is -1.85. The largest absolute Gasteiger partial charge is 0.456 e. The predicted octanol–water partition coefficient (Wildman–Crippen LogP) is 0.614. The van der Waals surface area contributed by atoms with Gasteiger partial charge in [0.15, 0.2) is 0 Å². The Balaban J connectivity index is 2.86. The minimum absolute atomic E-state index is 0.279. The molecule has 0 unspecified atom stereocenters. The van der Waals surface area contributed by atoms with Crippen LogP contribution in [0.4, 0.5) is 0 Å². The van der Waals surface area contributed by atoms with Crippen molar-refractivity contribution >= 4 is 31.2 Å². The van der Waals surface area contributed by atoms with Crippen LogP contribution in [0.15, 0.2) is 9.81 Å². The fourth-order valence-electron chi connectivity index (χ4n) is 0.388. The molecule has 0 fully saturated rings. The highest BCUT2D eigenvalue weighted by atomic mass is 32.1. The molecule has 8 heavy (non-hydrogen) atoms. The summed E-state index contributed by atoms with van der Waals surface area (Å²) in [6.07, 6.45) is 0. The average molecular weight is 148 g/mol. The number of carbonyl (C=O) groups excluding carboxylic acids is 1. The molecule has 1 aliphatic heterocycles. The van der Waals surface area contributed by atoms with Crippen LogP contribution in [0.25, 0.3) is 0 Å². The van der Waals surface area contributed by atoms with E-state index in [1.165, 1.54) is 0 Å². The summed E-state index contributed by atoms with van der Waals surface area (Å²) in [6, 6.07) is 0. The molecule has 0 N–H and O–H groups in total. The Labute approximate surface area is 57.7 Å². The maximum atomic E-state index is 10.4. The van der Waals surface area contributed by atoms with Gasteiger partial charge in [0.1, 0.15) is 11.5 Å². The van der Waals surface area contributed by atoms with Crippen molar-refractivity contribution in [2.75, 3.05) is 6.61 Å². The second kappa shape index (κ2) is 2.03. The van der Waals surface area contributed by atoms with E-state index in [2.05, 4.69) is 30.0 Å². The Morgan fingerprint density at radius 3 is 2.25 bits per heavy atom. The summed E-state index contributed by atoms with van der Waals surface area (Å²) in [7, 11) is 0. The topological polar surface area (TPSA) is 26.3 Å². The van der Waals surface area contributed by atoms with Gasteiger partial charge >= 0.3 is 5.97 Å². The highest BCUT2D eigenvalue weighted by Crippen LogP contribution is 2.20. The number of cyclic esters (lactones) is 1. The molecule has 0 aliphatic carbocycles. The second-order valence-corrected chi connectivity index (χ2v) is 2.36. The molecule has 2 nitrogen and oxygen atoms in total.